The van der Waals surface area contributed by atoms with E-state index < -0.39 is 5.41 Å². The van der Waals surface area contributed by atoms with Crippen molar-refractivity contribution in [2.75, 3.05) is 11.1 Å². The molecule has 1 aromatic rings. The monoisotopic (exact) mass is 206 g/mol. The molecule has 0 fully saturated rings. The van der Waals surface area contributed by atoms with Crippen LogP contribution in [0.5, 0.6) is 0 Å². The summed E-state index contributed by atoms with van der Waals surface area (Å²) in [5.41, 5.74) is 6.51. The van der Waals surface area contributed by atoms with E-state index in [1.54, 1.807) is 0 Å². The number of nitrogens with two attached hydrogens (primary N) is 1. The van der Waals surface area contributed by atoms with Gasteiger partial charge in [-0.3, -0.25) is 4.79 Å². The van der Waals surface area contributed by atoms with E-state index in [9.17, 15) is 4.79 Å². The molecule has 80 valence electrons. The van der Waals surface area contributed by atoms with Crippen molar-refractivity contribution >= 4 is 17.4 Å². The molecule has 0 spiro atoms. The molecule has 1 aliphatic rings. The molecule has 2 rings (SSSR count). The van der Waals surface area contributed by atoms with Crippen molar-refractivity contribution in [1.82, 2.24) is 9.97 Å². The van der Waals surface area contributed by atoms with Crippen LogP contribution in [0.4, 0.5) is 11.5 Å². The molecular formula is C10H14N4O. The normalized spacial score (nSPS) is 17.3. The minimum Gasteiger partial charge on any atom is -0.382 e. The zero-order valence-electron chi connectivity index (χ0n) is 8.87. The molecule has 1 aliphatic heterocycles. The molecule has 15 heavy (non-hydrogen) atoms. The first-order valence-electron chi connectivity index (χ1n) is 5.08. The van der Waals surface area contributed by atoms with Gasteiger partial charge in [0.15, 0.2) is 5.82 Å². The Labute approximate surface area is 88.1 Å². The van der Waals surface area contributed by atoms with Crippen molar-refractivity contribution in [1.29, 1.82) is 0 Å². The van der Waals surface area contributed by atoms with Crippen molar-refractivity contribution in [3.8, 4) is 0 Å². The Morgan fingerprint density at radius 3 is 2.67 bits per heavy atom. The van der Waals surface area contributed by atoms with Crippen LogP contribution in [0, 0.1) is 0 Å². The molecule has 0 atom stereocenters. The van der Waals surface area contributed by atoms with Gasteiger partial charge in [0, 0.05) is 0 Å². The van der Waals surface area contributed by atoms with E-state index in [2.05, 4.69) is 15.3 Å². The van der Waals surface area contributed by atoms with Crippen molar-refractivity contribution in [3.63, 3.8) is 0 Å². The number of fused-ring (bicyclic) bond motifs is 1. The van der Waals surface area contributed by atoms with Crippen LogP contribution >= 0.6 is 0 Å². The molecule has 0 unspecified atom stereocenters. The number of carbonyl (C=O) groups is 1. The lowest BCUT2D eigenvalue weighted by atomic mass is 9.80. The highest BCUT2D eigenvalue weighted by Gasteiger charge is 2.46. The zero-order chi connectivity index (χ0) is 11.1. The fourth-order valence-corrected chi connectivity index (χ4v) is 2.13. The predicted molar refractivity (Wildman–Crippen MR) is 57.3 cm³/mol. The second-order valence-corrected chi connectivity index (χ2v) is 3.73. The maximum absolute atomic E-state index is 11.9. The van der Waals surface area contributed by atoms with Crippen LogP contribution in [0.25, 0.3) is 0 Å². The molecule has 2 heterocycles. The minimum absolute atomic E-state index is 0.0188. The Hall–Kier alpha value is -1.65. The maximum Gasteiger partial charge on any atom is 0.236 e. The average Bonchev–Trinajstić information content (AvgIpc) is 2.53. The highest BCUT2D eigenvalue weighted by molar-refractivity contribution is 6.07. The van der Waals surface area contributed by atoms with E-state index in [0.717, 1.165) is 18.5 Å². The van der Waals surface area contributed by atoms with E-state index >= 15 is 0 Å². The zero-order valence-corrected chi connectivity index (χ0v) is 8.87. The number of carbonyl (C=O) groups excluding carboxylic acids is 1. The van der Waals surface area contributed by atoms with Crippen molar-refractivity contribution in [2.45, 2.75) is 32.1 Å². The molecule has 0 bridgehead atoms. The third kappa shape index (κ3) is 1.12. The Morgan fingerprint density at radius 1 is 1.40 bits per heavy atom. The summed E-state index contributed by atoms with van der Waals surface area (Å²) in [6.45, 7) is 3.97. The molecule has 0 aliphatic carbocycles. The van der Waals surface area contributed by atoms with E-state index in [-0.39, 0.29) is 5.91 Å². The lowest BCUT2D eigenvalue weighted by Gasteiger charge is -2.22. The first-order chi connectivity index (χ1) is 7.15. The molecule has 0 saturated heterocycles. The van der Waals surface area contributed by atoms with Crippen LogP contribution in [0.2, 0.25) is 0 Å². The molecule has 5 heteroatoms. The fraction of sp³-hybridized carbons (Fsp3) is 0.500. The van der Waals surface area contributed by atoms with Crippen molar-refractivity contribution < 1.29 is 4.79 Å². The van der Waals surface area contributed by atoms with E-state index in [4.69, 9.17) is 5.73 Å². The van der Waals surface area contributed by atoms with Gasteiger partial charge in [0.25, 0.3) is 0 Å². The van der Waals surface area contributed by atoms with E-state index in [0.29, 0.717) is 11.5 Å². The van der Waals surface area contributed by atoms with Crippen LogP contribution in [-0.2, 0) is 10.2 Å². The van der Waals surface area contributed by atoms with Gasteiger partial charge in [0.2, 0.25) is 5.91 Å². The SMILES string of the molecule is CCC1(CC)C(=O)Nc2c(N)ncnc21. The Morgan fingerprint density at radius 2 is 2.07 bits per heavy atom. The number of rotatable bonds is 2. The van der Waals surface area contributed by atoms with Gasteiger partial charge in [-0.05, 0) is 12.8 Å². The highest BCUT2D eigenvalue weighted by Crippen LogP contribution is 2.42. The molecule has 5 nitrogen and oxygen atoms in total. The van der Waals surface area contributed by atoms with Gasteiger partial charge in [0.1, 0.15) is 12.0 Å². The Bertz CT molecular complexity index is 412. The summed E-state index contributed by atoms with van der Waals surface area (Å²) in [7, 11) is 0. The summed E-state index contributed by atoms with van der Waals surface area (Å²) in [6, 6.07) is 0. The number of nitrogen functional groups attached to an aromatic ring is 1. The minimum atomic E-state index is -0.521. The second kappa shape index (κ2) is 3.18. The van der Waals surface area contributed by atoms with Crippen LogP contribution in [-0.4, -0.2) is 15.9 Å². The molecule has 3 N–H and O–H groups in total. The number of nitrogens with one attached hydrogen (secondary N) is 1. The molecule has 0 saturated carbocycles. The summed E-state index contributed by atoms with van der Waals surface area (Å²) in [5, 5.41) is 2.77. The summed E-state index contributed by atoms with van der Waals surface area (Å²) < 4.78 is 0. The van der Waals surface area contributed by atoms with Crippen LogP contribution in [0.1, 0.15) is 32.4 Å². The van der Waals surface area contributed by atoms with Crippen LogP contribution in [0.3, 0.4) is 0 Å². The van der Waals surface area contributed by atoms with Crippen LogP contribution in [0.15, 0.2) is 6.33 Å². The quantitative estimate of drug-likeness (QED) is 0.758. The van der Waals surface area contributed by atoms with E-state index in [1.165, 1.54) is 6.33 Å². The highest BCUT2D eigenvalue weighted by atomic mass is 16.2. The Balaban J connectivity index is 2.64. The van der Waals surface area contributed by atoms with Gasteiger partial charge in [0.05, 0.1) is 11.1 Å². The first kappa shape index (κ1) is 9.89. The second-order valence-electron chi connectivity index (χ2n) is 3.73. The number of amides is 1. The van der Waals surface area contributed by atoms with Crippen molar-refractivity contribution in [3.05, 3.63) is 12.0 Å². The third-order valence-corrected chi connectivity index (χ3v) is 3.21. The lowest BCUT2D eigenvalue weighted by molar-refractivity contribution is -0.121. The molecular weight excluding hydrogens is 192 g/mol. The van der Waals surface area contributed by atoms with Gasteiger partial charge in [-0.1, -0.05) is 13.8 Å². The topological polar surface area (TPSA) is 80.9 Å². The van der Waals surface area contributed by atoms with Gasteiger partial charge in [-0.15, -0.1) is 0 Å². The van der Waals surface area contributed by atoms with Gasteiger partial charge in [-0.2, -0.15) is 0 Å². The molecule has 0 aromatic carbocycles. The largest absolute Gasteiger partial charge is 0.382 e. The lowest BCUT2D eigenvalue weighted by Crippen LogP contribution is -2.33. The van der Waals surface area contributed by atoms with E-state index in [1.807, 2.05) is 13.8 Å². The molecule has 1 aromatic heterocycles. The van der Waals surface area contributed by atoms with Gasteiger partial charge in [-0.25, -0.2) is 9.97 Å². The molecule has 1 amide bonds. The summed E-state index contributed by atoms with van der Waals surface area (Å²) in [6.07, 6.45) is 2.85. The number of hydrogen-bond donors (Lipinski definition) is 2. The van der Waals surface area contributed by atoms with Crippen molar-refractivity contribution in [2.24, 2.45) is 0 Å². The summed E-state index contributed by atoms with van der Waals surface area (Å²) in [4.78, 5) is 20.0. The smallest absolute Gasteiger partial charge is 0.236 e. The summed E-state index contributed by atoms with van der Waals surface area (Å²) in [5.74, 6) is 0.326. The number of nitrogens with zero attached hydrogens (tertiary/aromatic N) is 2. The van der Waals surface area contributed by atoms with Crippen LogP contribution < -0.4 is 11.1 Å². The van der Waals surface area contributed by atoms with Gasteiger partial charge < -0.3 is 11.1 Å². The number of aromatic nitrogens is 2. The first-order valence-corrected chi connectivity index (χ1v) is 5.08. The third-order valence-electron chi connectivity index (χ3n) is 3.21. The average molecular weight is 206 g/mol. The number of anilines is 2. The van der Waals surface area contributed by atoms with Gasteiger partial charge >= 0.3 is 0 Å². The standard InChI is InChI=1S/C10H14N4O/c1-3-10(4-2)7-6(14-9(10)15)8(11)13-5-12-7/h5H,3-4H2,1-2H3,(H,14,15)(H2,11,12,13). The molecule has 0 radical (unpaired) electrons. The summed E-state index contributed by atoms with van der Waals surface area (Å²) >= 11 is 0. The number of hydrogen-bond acceptors (Lipinski definition) is 4. The maximum atomic E-state index is 11.9. The fourth-order valence-electron chi connectivity index (χ4n) is 2.13. The Kier molecular flexibility index (Phi) is 2.10. The predicted octanol–water partition coefficient (Wildman–Crippen LogP) is 1.07.